The van der Waals surface area contributed by atoms with E-state index in [0.717, 1.165) is 4.90 Å². The molecule has 0 aliphatic heterocycles. The maximum absolute atomic E-state index is 12.4. The first-order valence-electron chi connectivity index (χ1n) is 5.01. The largest absolute Gasteiger partial charge is 1.00 e. The van der Waals surface area contributed by atoms with Crippen molar-refractivity contribution in [3.8, 4) is 0 Å². The summed E-state index contributed by atoms with van der Waals surface area (Å²) in [5, 5.41) is 10.2. The molecule has 0 aromatic rings. The maximum atomic E-state index is 12.4. The van der Waals surface area contributed by atoms with Crippen molar-refractivity contribution < 1.29 is 48.6 Å². The number of rotatable bonds is 7. The van der Waals surface area contributed by atoms with Gasteiger partial charge >= 0.3 is 29.6 Å². The minimum Gasteiger partial charge on any atom is -0.548 e. The fourth-order valence-corrected chi connectivity index (χ4v) is 1.17. The van der Waals surface area contributed by atoms with E-state index in [-0.39, 0.29) is 41.9 Å². The van der Waals surface area contributed by atoms with Crippen LogP contribution in [0, 0.1) is 0 Å². The molecule has 0 aliphatic carbocycles. The zero-order valence-corrected chi connectivity index (χ0v) is 12.2. The third-order valence-corrected chi connectivity index (χ3v) is 2.03. The predicted octanol–water partition coefficient (Wildman–Crippen LogP) is -2.88. The van der Waals surface area contributed by atoms with E-state index >= 15 is 0 Å². The molecular weight excluding hydrogens is 224 g/mol. The summed E-state index contributed by atoms with van der Waals surface area (Å²) in [5.74, 6) is -1.52. The average Bonchev–Trinajstić information content (AvgIpc) is 2.10. The van der Waals surface area contributed by atoms with Gasteiger partial charge in [0.25, 0.3) is 0 Å². The molecule has 6 heteroatoms. The van der Waals surface area contributed by atoms with Crippen LogP contribution in [0.15, 0.2) is 0 Å². The smallest absolute Gasteiger partial charge is 0.548 e. The normalized spacial score (nSPS) is 11.4. The molecule has 4 nitrogen and oxygen atoms in total. The van der Waals surface area contributed by atoms with Crippen LogP contribution in [0.5, 0.6) is 0 Å². The first-order chi connectivity index (χ1) is 6.93. The Morgan fingerprint density at radius 1 is 1.38 bits per heavy atom. The van der Waals surface area contributed by atoms with Gasteiger partial charge in [0.15, 0.2) is 0 Å². The molecule has 0 saturated heterocycles. The van der Waals surface area contributed by atoms with Crippen molar-refractivity contribution in [3.63, 3.8) is 0 Å². The molecule has 0 saturated carbocycles. The molecule has 0 radical (unpaired) electrons. The van der Waals surface area contributed by atoms with Crippen molar-refractivity contribution in [3.05, 3.63) is 0 Å². The number of unbranched alkanes of at least 4 members (excludes halogenated alkanes) is 1. The molecule has 1 atom stereocenters. The quantitative estimate of drug-likeness (QED) is 0.355. The Balaban J connectivity index is 0. The zero-order chi connectivity index (χ0) is 11.8. The van der Waals surface area contributed by atoms with Gasteiger partial charge in [0.05, 0.1) is 18.7 Å². The SMILES string of the molecule is CC(F)CCCCC(=O)N(C)CC(=O)[O-].[Na+]. The average molecular weight is 241 g/mol. The first kappa shape index (κ1) is 18.2. The number of alkyl halides is 1. The van der Waals surface area contributed by atoms with Crippen molar-refractivity contribution in [1.82, 2.24) is 4.90 Å². The molecule has 88 valence electrons. The van der Waals surface area contributed by atoms with Gasteiger partial charge in [-0.1, -0.05) is 6.42 Å². The number of hydrogen-bond donors (Lipinski definition) is 0. The fraction of sp³-hybridized carbons (Fsp3) is 0.800. The summed E-state index contributed by atoms with van der Waals surface area (Å²) in [6, 6.07) is 0. The van der Waals surface area contributed by atoms with E-state index < -0.39 is 18.7 Å². The number of carbonyl (C=O) groups excluding carboxylic acids is 2. The van der Waals surface area contributed by atoms with E-state index in [1.807, 2.05) is 0 Å². The van der Waals surface area contributed by atoms with Crippen molar-refractivity contribution in [2.45, 2.75) is 38.8 Å². The molecule has 0 aromatic carbocycles. The van der Waals surface area contributed by atoms with Gasteiger partial charge in [0.1, 0.15) is 0 Å². The zero-order valence-electron chi connectivity index (χ0n) is 10.2. The Morgan fingerprint density at radius 2 is 1.94 bits per heavy atom. The summed E-state index contributed by atoms with van der Waals surface area (Å²) in [4.78, 5) is 22.5. The monoisotopic (exact) mass is 241 g/mol. The van der Waals surface area contributed by atoms with Crippen LogP contribution in [0.4, 0.5) is 4.39 Å². The summed E-state index contributed by atoms with van der Waals surface area (Å²) in [6.07, 6.45) is 1.09. The number of carboxylic acids is 1. The van der Waals surface area contributed by atoms with Gasteiger partial charge in [-0.3, -0.25) is 4.79 Å². The second kappa shape index (κ2) is 10.1. The summed E-state index contributed by atoms with van der Waals surface area (Å²) in [5.41, 5.74) is 0. The van der Waals surface area contributed by atoms with Gasteiger partial charge in [0.2, 0.25) is 5.91 Å². The van der Waals surface area contributed by atoms with Crippen molar-refractivity contribution >= 4 is 11.9 Å². The molecular formula is C10H17FNNaO3. The van der Waals surface area contributed by atoms with E-state index in [1.165, 1.54) is 14.0 Å². The van der Waals surface area contributed by atoms with Crippen molar-refractivity contribution in [2.75, 3.05) is 13.6 Å². The van der Waals surface area contributed by atoms with Gasteiger partial charge in [0, 0.05) is 13.5 Å². The second-order valence-corrected chi connectivity index (χ2v) is 3.65. The maximum Gasteiger partial charge on any atom is 1.00 e. The van der Waals surface area contributed by atoms with Crippen LogP contribution in [0.3, 0.4) is 0 Å². The van der Waals surface area contributed by atoms with Crippen LogP contribution in [0.25, 0.3) is 0 Å². The Morgan fingerprint density at radius 3 is 2.38 bits per heavy atom. The molecule has 0 N–H and O–H groups in total. The number of nitrogens with zero attached hydrogens (tertiary/aromatic N) is 1. The molecule has 1 unspecified atom stereocenters. The van der Waals surface area contributed by atoms with Crippen LogP contribution in [-0.2, 0) is 9.59 Å². The summed E-state index contributed by atoms with van der Waals surface area (Å²) in [7, 11) is 1.41. The Bertz CT molecular complexity index is 224. The Kier molecular flexibility index (Phi) is 11.5. The number of carboxylic acid groups (broad SMARTS) is 1. The minimum atomic E-state index is -1.27. The number of hydrogen-bond acceptors (Lipinski definition) is 3. The molecule has 0 aromatic heterocycles. The molecule has 0 bridgehead atoms. The van der Waals surface area contributed by atoms with Crippen molar-refractivity contribution in [2.24, 2.45) is 0 Å². The van der Waals surface area contributed by atoms with Gasteiger partial charge in [-0.2, -0.15) is 0 Å². The van der Waals surface area contributed by atoms with E-state index in [4.69, 9.17) is 0 Å². The van der Waals surface area contributed by atoms with Crippen LogP contribution >= 0.6 is 0 Å². The number of amides is 1. The molecule has 0 rings (SSSR count). The standard InChI is InChI=1S/C10H18FNO3.Na/c1-8(11)5-3-4-6-9(13)12(2)7-10(14)15;/h8H,3-7H2,1-2H3,(H,14,15);/q;+1/p-1. The first-order valence-corrected chi connectivity index (χ1v) is 5.01. The van der Waals surface area contributed by atoms with Crippen molar-refractivity contribution in [1.29, 1.82) is 0 Å². The van der Waals surface area contributed by atoms with E-state index in [9.17, 15) is 19.1 Å². The molecule has 0 aliphatic rings. The van der Waals surface area contributed by atoms with Gasteiger partial charge in [-0.15, -0.1) is 0 Å². The van der Waals surface area contributed by atoms with E-state index in [1.54, 1.807) is 0 Å². The number of aliphatic carboxylic acids is 1. The van der Waals surface area contributed by atoms with Crippen LogP contribution in [-0.4, -0.2) is 36.5 Å². The van der Waals surface area contributed by atoms with E-state index in [0.29, 0.717) is 19.3 Å². The predicted molar refractivity (Wildman–Crippen MR) is 51.7 cm³/mol. The third-order valence-electron chi connectivity index (χ3n) is 2.03. The molecule has 0 fully saturated rings. The van der Waals surface area contributed by atoms with Crippen LogP contribution in [0.2, 0.25) is 0 Å². The van der Waals surface area contributed by atoms with Gasteiger partial charge in [-0.25, -0.2) is 4.39 Å². The van der Waals surface area contributed by atoms with E-state index in [2.05, 4.69) is 0 Å². The fourth-order valence-electron chi connectivity index (χ4n) is 1.17. The number of carbonyl (C=O) groups is 2. The van der Waals surface area contributed by atoms with Crippen LogP contribution in [0.1, 0.15) is 32.6 Å². The summed E-state index contributed by atoms with van der Waals surface area (Å²) in [6.45, 7) is 1.09. The molecule has 16 heavy (non-hydrogen) atoms. The topological polar surface area (TPSA) is 60.4 Å². The Labute approximate surface area is 117 Å². The number of halogens is 1. The molecule has 0 spiro atoms. The molecule has 1 amide bonds. The van der Waals surface area contributed by atoms with Gasteiger partial charge in [-0.05, 0) is 19.8 Å². The van der Waals surface area contributed by atoms with Gasteiger partial charge < -0.3 is 14.8 Å². The summed E-state index contributed by atoms with van der Waals surface area (Å²) < 4.78 is 12.4. The van der Waals surface area contributed by atoms with Crippen LogP contribution < -0.4 is 34.7 Å². The second-order valence-electron chi connectivity index (χ2n) is 3.65. The minimum absolute atomic E-state index is 0. The summed E-state index contributed by atoms with van der Waals surface area (Å²) >= 11 is 0. The third kappa shape index (κ3) is 10.4. The Hall–Kier alpha value is -0.130. The number of likely N-dealkylation sites (N-methyl/N-ethyl adjacent to an activating group) is 1. The molecule has 0 heterocycles.